The van der Waals surface area contributed by atoms with Gasteiger partial charge in [0.1, 0.15) is 0 Å². The number of rotatable bonds is 0. The molecule has 1 aromatic rings. The highest BCUT2D eigenvalue weighted by molar-refractivity contribution is 7.91. The van der Waals surface area contributed by atoms with Gasteiger partial charge in [-0.15, -0.1) is 0 Å². The molecule has 1 aliphatic heterocycles. The van der Waals surface area contributed by atoms with Gasteiger partial charge in [0.25, 0.3) is 0 Å². The Morgan fingerprint density at radius 1 is 1.17 bits per heavy atom. The van der Waals surface area contributed by atoms with E-state index in [0.29, 0.717) is 18.4 Å². The highest BCUT2D eigenvalue weighted by atomic mass is 32.2. The summed E-state index contributed by atoms with van der Waals surface area (Å²) in [5, 5.41) is 0. The zero-order valence-electron chi connectivity index (χ0n) is 11.0. The van der Waals surface area contributed by atoms with E-state index in [1.807, 2.05) is 26.8 Å². The lowest BCUT2D eigenvalue weighted by atomic mass is 9.85. The van der Waals surface area contributed by atoms with Crippen LogP contribution in [-0.2, 0) is 15.3 Å². The van der Waals surface area contributed by atoms with E-state index in [-0.39, 0.29) is 21.8 Å². The number of hydrogen-bond acceptors (Lipinski definition) is 3. The molecule has 1 aliphatic rings. The summed E-state index contributed by atoms with van der Waals surface area (Å²) in [6.07, 6.45) is 0.737. The van der Waals surface area contributed by atoms with Crippen LogP contribution in [0.5, 0.6) is 0 Å². The molecule has 0 saturated carbocycles. The van der Waals surface area contributed by atoms with Gasteiger partial charge in [0.05, 0.1) is 10.6 Å². The summed E-state index contributed by atoms with van der Waals surface area (Å²) < 4.78 is 24.1. The number of hydrogen-bond donors (Lipinski definition) is 0. The third kappa shape index (κ3) is 2.34. The maximum Gasteiger partial charge on any atom is 0.179 e. The van der Waals surface area contributed by atoms with Crippen molar-refractivity contribution in [1.82, 2.24) is 0 Å². The summed E-state index contributed by atoms with van der Waals surface area (Å²) in [5.41, 5.74) is 1.28. The normalized spacial score (nSPS) is 19.2. The van der Waals surface area contributed by atoms with Crippen LogP contribution in [0, 0.1) is 0 Å². The van der Waals surface area contributed by atoms with E-state index >= 15 is 0 Å². The van der Waals surface area contributed by atoms with Crippen molar-refractivity contribution in [2.45, 2.75) is 43.9 Å². The van der Waals surface area contributed by atoms with Crippen LogP contribution in [0.1, 0.15) is 49.5 Å². The predicted molar refractivity (Wildman–Crippen MR) is 70.8 cm³/mol. The van der Waals surface area contributed by atoms with E-state index in [1.165, 1.54) is 0 Å². The Morgan fingerprint density at radius 2 is 1.83 bits per heavy atom. The van der Waals surface area contributed by atoms with Gasteiger partial charge in [-0.2, -0.15) is 0 Å². The minimum absolute atomic E-state index is 0.0582. The molecule has 0 N–H and O–H groups in total. The molecule has 0 amide bonds. The Balaban J connectivity index is 2.68. The fraction of sp³-hybridized carbons (Fsp3) is 0.500. The lowest BCUT2D eigenvalue weighted by Crippen LogP contribution is -2.14. The van der Waals surface area contributed by atoms with Gasteiger partial charge in [-0.1, -0.05) is 26.8 Å². The van der Waals surface area contributed by atoms with Crippen molar-refractivity contribution < 1.29 is 13.2 Å². The molecule has 0 radical (unpaired) electrons. The molecular formula is C14H18O3S. The standard InChI is InChI=1S/C14H18O3S/c1-14(2,3)10-6-7-13-11(9-10)12(15)5-4-8-18(13,16)17/h6-7,9H,4-5,8H2,1-3H3. The predicted octanol–water partition coefficient (Wildman–Crippen LogP) is 2.73. The van der Waals surface area contributed by atoms with Crippen LogP contribution >= 0.6 is 0 Å². The number of carbonyl (C=O) groups excluding carboxylic acids is 1. The van der Waals surface area contributed by atoms with Gasteiger partial charge >= 0.3 is 0 Å². The SMILES string of the molecule is CC(C)(C)c1ccc2c(c1)C(=O)CCCS2(=O)=O. The smallest absolute Gasteiger partial charge is 0.179 e. The number of carbonyl (C=O) groups is 1. The molecule has 0 spiro atoms. The third-order valence-electron chi connectivity index (χ3n) is 3.30. The highest BCUT2D eigenvalue weighted by Crippen LogP contribution is 2.30. The van der Waals surface area contributed by atoms with E-state index < -0.39 is 9.84 Å². The Bertz CT molecular complexity index is 592. The molecule has 4 heteroatoms. The molecule has 3 nitrogen and oxygen atoms in total. The van der Waals surface area contributed by atoms with Crippen molar-refractivity contribution in [2.75, 3.05) is 5.75 Å². The van der Waals surface area contributed by atoms with E-state index in [0.717, 1.165) is 5.56 Å². The Kier molecular flexibility index (Phi) is 3.09. The second-order valence-electron chi connectivity index (χ2n) is 5.81. The number of benzene rings is 1. The molecule has 0 fully saturated rings. The topological polar surface area (TPSA) is 51.2 Å². The van der Waals surface area contributed by atoms with Crippen molar-refractivity contribution in [3.63, 3.8) is 0 Å². The van der Waals surface area contributed by atoms with Gasteiger partial charge in [0, 0.05) is 12.0 Å². The van der Waals surface area contributed by atoms with Crippen molar-refractivity contribution in [1.29, 1.82) is 0 Å². The van der Waals surface area contributed by atoms with Crippen LogP contribution in [-0.4, -0.2) is 20.0 Å². The van der Waals surface area contributed by atoms with Crippen LogP contribution < -0.4 is 0 Å². The zero-order valence-corrected chi connectivity index (χ0v) is 11.8. The molecule has 98 valence electrons. The molecule has 0 aliphatic carbocycles. The summed E-state index contributed by atoms with van der Waals surface area (Å²) in [4.78, 5) is 12.2. The molecule has 18 heavy (non-hydrogen) atoms. The zero-order chi connectivity index (χ0) is 13.6. The second kappa shape index (κ2) is 4.19. The minimum Gasteiger partial charge on any atom is -0.294 e. The molecule has 0 saturated heterocycles. The number of sulfone groups is 1. The summed E-state index contributed by atoms with van der Waals surface area (Å²) in [7, 11) is -3.29. The van der Waals surface area contributed by atoms with Crippen molar-refractivity contribution in [3.8, 4) is 0 Å². The van der Waals surface area contributed by atoms with E-state index in [2.05, 4.69) is 0 Å². The third-order valence-corrected chi connectivity index (χ3v) is 5.15. The van der Waals surface area contributed by atoms with Crippen LogP contribution in [0.2, 0.25) is 0 Å². The number of fused-ring (bicyclic) bond motifs is 1. The first kappa shape index (κ1) is 13.3. The first-order chi connectivity index (χ1) is 8.22. The monoisotopic (exact) mass is 266 g/mol. The molecule has 0 unspecified atom stereocenters. The van der Waals surface area contributed by atoms with Crippen LogP contribution in [0.4, 0.5) is 0 Å². The average molecular weight is 266 g/mol. The first-order valence-corrected chi connectivity index (χ1v) is 7.77. The lowest BCUT2D eigenvalue weighted by molar-refractivity contribution is 0.0980. The highest BCUT2D eigenvalue weighted by Gasteiger charge is 2.27. The van der Waals surface area contributed by atoms with Crippen molar-refractivity contribution in [3.05, 3.63) is 29.3 Å². The summed E-state index contributed by atoms with van der Waals surface area (Å²) >= 11 is 0. The molecule has 0 aromatic heterocycles. The summed E-state index contributed by atoms with van der Waals surface area (Å²) in [6.45, 7) is 6.14. The second-order valence-corrected chi connectivity index (χ2v) is 7.88. The van der Waals surface area contributed by atoms with Gasteiger partial charge in [0.15, 0.2) is 15.6 Å². The van der Waals surface area contributed by atoms with Gasteiger partial charge in [-0.05, 0) is 29.5 Å². The lowest BCUT2D eigenvalue weighted by Gasteiger charge is -2.20. The van der Waals surface area contributed by atoms with Crippen LogP contribution in [0.15, 0.2) is 23.1 Å². The van der Waals surface area contributed by atoms with E-state index in [1.54, 1.807) is 12.1 Å². The molecular weight excluding hydrogens is 248 g/mol. The Labute approximate surface area is 108 Å². The van der Waals surface area contributed by atoms with Crippen LogP contribution in [0.3, 0.4) is 0 Å². The Hall–Kier alpha value is -1.16. The van der Waals surface area contributed by atoms with Crippen LogP contribution in [0.25, 0.3) is 0 Å². The maximum absolute atomic E-state index is 12.0. The van der Waals surface area contributed by atoms with Gasteiger partial charge in [-0.25, -0.2) is 8.42 Å². The largest absolute Gasteiger partial charge is 0.294 e. The van der Waals surface area contributed by atoms with E-state index in [9.17, 15) is 13.2 Å². The molecule has 0 bridgehead atoms. The quantitative estimate of drug-likeness (QED) is 0.725. The number of ketones is 1. The molecule has 1 heterocycles. The summed E-state index contributed by atoms with van der Waals surface area (Å²) in [6, 6.07) is 5.16. The van der Waals surface area contributed by atoms with Crippen molar-refractivity contribution in [2.24, 2.45) is 0 Å². The molecule has 2 rings (SSSR count). The molecule has 1 aromatic carbocycles. The fourth-order valence-corrected chi connectivity index (χ4v) is 3.68. The maximum atomic E-state index is 12.0. The van der Waals surface area contributed by atoms with Gasteiger partial charge < -0.3 is 0 Å². The fourth-order valence-electron chi connectivity index (χ4n) is 2.15. The van der Waals surface area contributed by atoms with Gasteiger partial charge in [-0.3, -0.25) is 4.79 Å². The summed E-state index contributed by atoms with van der Waals surface area (Å²) in [5.74, 6) is 0.0119. The average Bonchev–Trinajstić information content (AvgIpc) is 2.36. The molecule has 0 atom stereocenters. The Morgan fingerprint density at radius 3 is 2.44 bits per heavy atom. The first-order valence-electron chi connectivity index (χ1n) is 6.12. The van der Waals surface area contributed by atoms with E-state index in [4.69, 9.17) is 0 Å². The minimum atomic E-state index is -3.29. The number of Topliss-reactive ketones (excluding diaryl/α,β-unsaturated/α-hetero) is 1. The van der Waals surface area contributed by atoms with Gasteiger partial charge in [0.2, 0.25) is 0 Å². The van der Waals surface area contributed by atoms with Crippen molar-refractivity contribution >= 4 is 15.6 Å².